The summed E-state index contributed by atoms with van der Waals surface area (Å²) < 4.78 is 28.6. The van der Waals surface area contributed by atoms with E-state index in [9.17, 15) is 27.6 Å². The number of H-pyrrole nitrogens is 1. The van der Waals surface area contributed by atoms with Crippen molar-refractivity contribution < 1.29 is 27.6 Å². The van der Waals surface area contributed by atoms with Gasteiger partial charge in [-0.25, -0.2) is 12.4 Å². The number of benzene rings is 2. The molecule has 3 saturated carbocycles. The van der Waals surface area contributed by atoms with E-state index in [1.807, 2.05) is 34.1 Å². The van der Waals surface area contributed by atoms with Crippen molar-refractivity contribution in [1.82, 2.24) is 38.8 Å². The average molecular weight is 969 g/mol. The number of allylic oxidation sites excluding steroid dienone is 1. The SMILES string of the molecule is CCS(=O)(=O)n1c2c(c3cc(C(=O)N4CCC[C@H](C(=O)N(CC5Cc6[nH]c7ccc(C(=O)N8CCC[C@H](C(=O)NC9CC9)C8)cc7c6CN5C5C=CCC5)C5CC5)C4)ccc31)CN(C1CCCC1)C=C2. The highest BCUT2D eigenvalue weighted by Gasteiger charge is 2.43. The van der Waals surface area contributed by atoms with E-state index in [-0.39, 0.29) is 59.3 Å². The van der Waals surface area contributed by atoms with Crippen LogP contribution in [0.3, 0.4) is 0 Å². The first-order valence-corrected chi connectivity index (χ1v) is 28.2. The summed E-state index contributed by atoms with van der Waals surface area (Å²) in [4.78, 5) is 71.0. The van der Waals surface area contributed by atoms with Gasteiger partial charge in [-0.05, 0) is 132 Å². The van der Waals surface area contributed by atoms with Crippen molar-refractivity contribution in [3.8, 4) is 0 Å². The summed E-state index contributed by atoms with van der Waals surface area (Å²) in [5, 5.41) is 5.02. The number of nitrogens with zero attached hydrogens (tertiary/aromatic N) is 6. The van der Waals surface area contributed by atoms with Crippen LogP contribution in [0.5, 0.6) is 0 Å². The molecule has 4 amide bonds. The molecule has 2 aromatic heterocycles. The van der Waals surface area contributed by atoms with E-state index in [1.165, 1.54) is 28.1 Å². The first-order chi connectivity index (χ1) is 34.0. The van der Waals surface area contributed by atoms with Crippen LogP contribution in [0.25, 0.3) is 27.9 Å². The molecule has 370 valence electrons. The quantitative estimate of drug-likeness (QED) is 0.142. The average Bonchev–Trinajstić information content (AvgIpc) is 4.15. The smallest absolute Gasteiger partial charge is 0.253 e. The summed E-state index contributed by atoms with van der Waals surface area (Å²) in [6, 6.07) is 12.8. The molecule has 15 heteroatoms. The van der Waals surface area contributed by atoms with Gasteiger partial charge in [0.2, 0.25) is 21.8 Å². The van der Waals surface area contributed by atoms with Crippen LogP contribution in [-0.2, 0) is 39.1 Å². The lowest BCUT2D eigenvalue weighted by Crippen LogP contribution is -2.54. The normalized spacial score (nSPS) is 25.2. The number of carbonyl (C=O) groups is 4. The summed E-state index contributed by atoms with van der Waals surface area (Å²) in [7, 11) is -3.61. The molecule has 12 rings (SSSR count). The predicted molar refractivity (Wildman–Crippen MR) is 270 cm³/mol. The van der Waals surface area contributed by atoms with Crippen LogP contribution in [0.1, 0.15) is 140 Å². The number of aromatic amines is 1. The lowest BCUT2D eigenvalue weighted by Gasteiger charge is -2.43. The molecule has 0 spiro atoms. The molecule has 2 unspecified atom stereocenters. The van der Waals surface area contributed by atoms with Crippen molar-refractivity contribution in [2.24, 2.45) is 11.8 Å². The third kappa shape index (κ3) is 8.56. The number of likely N-dealkylation sites (tertiary alicyclic amines) is 2. The second-order valence-corrected chi connectivity index (χ2v) is 23.9. The number of hydrogen-bond acceptors (Lipinski definition) is 8. The highest BCUT2D eigenvalue weighted by Crippen LogP contribution is 2.40. The molecule has 8 aliphatic rings. The number of piperidine rings is 2. The zero-order valence-electron chi connectivity index (χ0n) is 40.6. The number of rotatable bonds is 12. The largest absolute Gasteiger partial charge is 0.370 e. The summed E-state index contributed by atoms with van der Waals surface area (Å²) in [5.41, 5.74) is 6.81. The minimum absolute atomic E-state index is 0.0190. The van der Waals surface area contributed by atoms with Gasteiger partial charge in [-0.15, -0.1) is 0 Å². The maximum Gasteiger partial charge on any atom is 0.253 e. The molecule has 0 radical (unpaired) electrons. The van der Waals surface area contributed by atoms with Crippen LogP contribution in [0.15, 0.2) is 54.8 Å². The van der Waals surface area contributed by atoms with E-state index in [4.69, 9.17) is 0 Å². The van der Waals surface area contributed by atoms with E-state index in [2.05, 4.69) is 49.4 Å². The van der Waals surface area contributed by atoms with Gasteiger partial charge in [0.1, 0.15) is 0 Å². The molecule has 70 heavy (non-hydrogen) atoms. The van der Waals surface area contributed by atoms with Gasteiger partial charge in [-0.1, -0.05) is 25.0 Å². The van der Waals surface area contributed by atoms with Gasteiger partial charge < -0.3 is 29.9 Å². The fourth-order valence-corrected chi connectivity index (χ4v) is 14.1. The fourth-order valence-electron chi connectivity index (χ4n) is 13.0. The topological polar surface area (TPSA) is 151 Å². The summed E-state index contributed by atoms with van der Waals surface area (Å²) in [6.07, 6.45) is 23.2. The van der Waals surface area contributed by atoms with Crippen LogP contribution in [0.4, 0.5) is 0 Å². The number of aromatic nitrogens is 2. The Kier molecular flexibility index (Phi) is 12.0. The van der Waals surface area contributed by atoms with Gasteiger partial charge >= 0.3 is 0 Å². The molecule has 4 aliphatic heterocycles. The second-order valence-electron chi connectivity index (χ2n) is 21.8. The van der Waals surface area contributed by atoms with Gasteiger partial charge in [0.05, 0.1) is 28.8 Å². The van der Waals surface area contributed by atoms with E-state index in [0.717, 1.165) is 105 Å². The third-order valence-corrected chi connectivity index (χ3v) is 18.8. The number of fused-ring (bicyclic) bond motifs is 6. The highest BCUT2D eigenvalue weighted by molar-refractivity contribution is 7.90. The molecule has 2 saturated heterocycles. The Labute approximate surface area is 411 Å². The Morgan fingerprint density at radius 1 is 0.786 bits per heavy atom. The first-order valence-electron chi connectivity index (χ1n) is 26.6. The molecule has 5 fully saturated rings. The maximum absolute atomic E-state index is 14.9. The highest BCUT2D eigenvalue weighted by atomic mass is 32.2. The number of nitrogens with one attached hydrogen (secondary N) is 2. The molecule has 2 aromatic carbocycles. The van der Waals surface area contributed by atoms with Crippen LogP contribution in [0, 0.1) is 11.8 Å². The number of amides is 4. The Bertz CT molecular complexity index is 2920. The van der Waals surface area contributed by atoms with Crippen LogP contribution >= 0.6 is 0 Å². The Balaban J connectivity index is 0.765. The van der Waals surface area contributed by atoms with Gasteiger partial charge in [0.15, 0.2) is 0 Å². The van der Waals surface area contributed by atoms with E-state index < -0.39 is 10.0 Å². The van der Waals surface area contributed by atoms with Crippen LogP contribution in [-0.4, -0.2) is 134 Å². The van der Waals surface area contributed by atoms with Crippen molar-refractivity contribution in [2.45, 2.75) is 147 Å². The van der Waals surface area contributed by atoms with Gasteiger partial charge in [0, 0.05) is 127 Å². The molecule has 4 aliphatic carbocycles. The Hall–Kier alpha value is -5.41. The molecule has 4 atom stereocenters. The van der Waals surface area contributed by atoms with Gasteiger partial charge in [-0.2, -0.15) is 0 Å². The minimum atomic E-state index is -3.61. The monoisotopic (exact) mass is 968 g/mol. The Morgan fingerprint density at radius 2 is 1.50 bits per heavy atom. The molecule has 14 nitrogen and oxygen atoms in total. The van der Waals surface area contributed by atoms with E-state index in [1.54, 1.807) is 19.1 Å². The fraction of sp³-hybridized carbons (Fsp3) is 0.564. The molecular formula is C55H68N8O6S. The van der Waals surface area contributed by atoms with Crippen molar-refractivity contribution in [1.29, 1.82) is 0 Å². The van der Waals surface area contributed by atoms with Crippen LogP contribution in [0.2, 0.25) is 0 Å². The number of hydrogen-bond donors (Lipinski definition) is 2. The summed E-state index contributed by atoms with van der Waals surface area (Å²) in [6.45, 7) is 5.65. The van der Waals surface area contributed by atoms with E-state index in [0.29, 0.717) is 80.2 Å². The summed E-state index contributed by atoms with van der Waals surface area (Å²) in [5.74, 6) is -0.410. The van der Waals surface area contributed by atoms with Crippen molar-refractivity contribution in [3.63, 3.8) is 0 Å². The lowest BCUT2D eigenvalue weighted by atomic mass is 9.93. The number of carbonyl (C=O) groups excluding carboxylic acids is 4. The van der Waals surface area contributed by atoms with Gasteiger partial charge in [-0.3, -0.25) is 24.1 Å². The zero-order chi connectivity index (χ0) is 47.8. The summed E-state index contributed by atoms with van der Waals surface area (Å²) >= 11 is 0. The standard InChI is InChI=1S/C55H68N8O6S/c1-2-70(68,69)63-50-22-16-36(28-45(50)47-33-58(26-23-51(47)63)40-11-3-4-12-40)54(66)60-25-8-10-38(31-60)55(67)62(42-19-20-42)32-43-29-49-46(34-61(43)41-13-5-6-14-41)44-27-35(15-21-48(44)57-49)53(65)59-24-7-9-37(30-59)52(64)56-39-17-18-39/h5,13,15-16,21-23,26-28,37-43,57H,2-4,6-12,14,17-20,24-25,29-34H2,1H3,(H,56,64)/t37-,38-,41?,43?/m0/s1. The molecule has 2 N–H and O–H groups in total. The molecule has 0 bridgehead atoms. The maximum atomic E-state index is 14.9. The lowest BCUT2D eigenvalue weighted by molar-refractivity contribution is -0.138. The molecule has 4 aromatic rings. The third-order valence-electron chi connectivity index (χ3n) is 17.2. The zero-order valence-corrected chi connectivity index (χ0v) is 41.4. The van der Waals surface area contributed by atoms with Crippen molar-refractivity contribution in [3.05, 3.63) is 88.4 Å². The minimum Gasteiger partial charge on any atom is -0.370 e. The predicted octanol–water partition coefficient (Wildman–Crippen LogP) is 7.17. The Morgan fingerprint density at radius 3 is 2.20 bits per heavy atom. The second kappa shape index (κ2) is 18.3. The molecular weight excluding hydrogens is 901 g/mol. The van der Waals surface area contributed by atoms with Crippen molar-refractivity contribution in [2.75, 3.05) is 38.5 Å². The molecule has 6 heterocycles. The first kappa shape index (κ1) is 45.7. The van der Waals surface area contributed by atoms with Crippen molar-refractivity contribution >= 4 is 61.5 Å². The van der Waals surface area contributed by atoms with Gasteiger partial charge in [0.25, 0.3) is 11.8 Å². The van der Waals surface area contributed by atoms with E-state index >= 15 is 0 Å². The van der Waals surface area contributed by atoms with Crippen LogP contribution < -0.4 is 5.32 Å².